The first-order valence-electron chi connectivity index (χ1n) is 10.3. The number of hydrogen-bond acceptors (Lipinski definition) is 4. The lowest BCUT2D eigenvalue weighted by atomic mass is 10.1. The minimum atomic E-state index is -3.73. The van der Waals surface area contributed by atoms with Crippen molar-refractivity contribution in [2.45, 2.75) is 27.7 Å². The average molecular weight is 487 g/mol. The van der Waals surface area contributed by atoms with Crippen molar-refractivity contribution in [1.82, 2.24) is 9.99 Å². The lowest BCUT2D eigenvalue weighted by Gasteiger charge is -2.22. The molecule has 0 aliphatic carbocycles. The number of benzene rings is 2. The summed E-state index contributed by atoms with van der Waals surface area (Å²) in [5.41, 5.74) is 8.97. The van der Waals surface area contributed by atoms with Gasteiger partial charge >= 0.3 is 0 Å². The highest BCUT2D eigenvalue weighted by Crippen LogP contribution is 2.27. The number of para-hydroxylation sites is 2. The summed E-state index contributed by atoms with van der Waals surface area (Å²) in [6.07, 6.45) is 2.58. The number of amides is 1. The van der Waals surface area contributed by atoms with Gasteiger partial charge in [0.1, 0.15) is 6.54 Å². The van der Waals surface area contributed by atoms with Gasteiger partial charge in [-0.05, 0) is 57.0 Å². The molecular formula is C24H27ClN4O3S. The Morgan fingerprint density at radius 3 is 2.33 bits per heavy atom. The highest BCUT2D eigenvalue weighted by atomic mass is 35.5. The van der Waals surface area contributed by atoms with E-state index in [1.54, 1.807) is 30.5 Å². The second-order valence-corrected chi connectivity index (χ2v) is 10.2. The van der Waals surface area contributed by atoms with Crippen LogP contribution in [0.15, 0.2) is 53.6 Å². The number of sulfonamides is 1. The zero-order valence-electron chi connectivity index (χ0n) is 19.3. The molecule has 174 valence electrons. The molecule has 0 aliphatic heterocycles. The summed E-state index contributed by atoms with van der Waals surface area (Å²) < 4.78 is 27.6. The first kappa shape index (κ1) is 24.5. The van der Waals surface area contributed by atoms with Gasteiger partial charge in [0.25, 0.3) is 5.91 Å². The number of nitrogens with zero attached hydrogens (tertiary/aromatic N) is 3. The van der Waals surface area contributed by atoms with E-state index in [0.29, 0.717) is 0 Å². The highest BCUT2D eigenvalue weighted by Gasteiger charge is 2.22. The van der Waals surface area contributed by atoms with E-state index in [1.807, 2.05) is 26.0 Å². The Morgan fingerprint density at radius 2 is 1.73 bits per heavy atom. The number of carbonyl (C=O) groups is 1. The molecule has 1 N–H and O–H groups in total. The van der Waals surface area contributed by atoms with Crippen LogP contribution in [0.2, 0.25) is 5.02 Å². The minimum absolute atomic E-state index is 0.234. The number of carbonyl (C=O) groups excluding carboxylic acids is 1. The fourth-order valence-corrected chi connectivity index (χ4v) is 4.95. The molecule has 3 aromatic rings. The zero-order valence-corrected chi connectivity index (χ0v) is 20.8. The van der Waals surface area contributed by atoms with E-state index in [4.69, 9.17) is 11.6 Å². The van der Waals surface area contributed by atoms with Crippen LogP contribution in [-0.2, 0) is 14.8 Å². The van der Waals surface area contributed by atoms with Crippen molar-refractivity contribution in [2.24, 2.45) is 5.10 Å². The monoisotopic (exact) mass is 486 g/mol. The highest BCUT2D eigenvalue weighted by molar-refractivity contribution is 7.92. The Morgan fingerprint density at radius 1 is 1.09 bits per heavy atom. The molecule has 2 aromatic carbocycles. The van der Waals surface area contributed by atoms with Gasteiger partial charge < -0.3 is 4.57 Å². The maximum absolute atomic E-state index is 12.5. The molecule has 7 nitrogen and oxygen atoms in total. The normalized spacial score (nSPS) is 11.7. The van der Waals surface area contributed by atoms with Crippen molar-refractivity contribution in [3.05, 3.63) is 81.6 Å². The van der Waals surface area contributed by atoms with Crippen LogP contribution in [0.3, 0.4) is 0 Å². The van der Waals surface area contributed by atoms with Crippen molar-refractivity contribution in [2.75, 3.05) is 17.1 Å². The molecule has 1 amide bonds. The van der Waals surface area contributed by atoms with Crippen molar-refractivity contribution >= 4 is 39.4 Å². The number of aromatic nitrogens is 1. The van der Waals surface area contributed by atoms with E-state index in [2.05, 4.69) is 41.1 Å². The van der Waals surface area contributed by atoms with Crippen molar-refractivity contribution in [3.8, 4) is 5.69 Å². The van der Waals surface area contributed by atoms with Gasteiger partial charge in [-0.2, -0.15) is 5.10 Å². The summed E-state index contributed by atoms with van der Waals surface area (Å²) in [6, 6.07) is 14.6. The Balaban J connectivity index is 1.79. The summed E-state index contributed by atoms with van der Waals surface area (Å²) in [6.45, 7) is 7.71. The van der Waals surface area contributed by atoms with Crippen LogP contribution in [0, 0.1) is 27.7 Å². The van der Waals surface area contributed by atoms with Gasteiger partial charge in [0, 0.05) is 17.0 Å². The third-order valence-corrected chi connectivity index (χ3v) is 6.78. The van der Waals surface area contributed by atoms with Crippen molar-refractivity contribution in [3.63, 3.8) is 0 Å². The van der Waals surface area contributed by atoms with Gasteiger partial charge in [-0.15, -0.1) is 0 Å². The molecule has 9 heteroatoms. The predicted molar refractivity (Wildman–Crippen MR) is 134 cm³/mol. The number of aryl methyl sites for hydroxylation is 3. The van der Waals surface area contributed by atoms with Gasteiger partial charge in [-0.1, -0.05) is 41.9 Å². The van der Waals surface area contributed by atoms with Crippen LogP contribution in [-0.4, -0.2) is 37.9 Å². The first-order valence-corrected chi connectivity index (χ1v) is 12.5. The van der Waals surface area contributed by atoms with Crippen molar-refractivity contribution in [1.29, 1.82) is 0 Å². The molecule has 0 saturated carbocycles. The maximum Gasteiger partial charge on any atom is 0.260 e. The van der Waals surface area contributed by atoms with Gasteiger partial charge in [0.05, 0.1) is 28.9 Å². The molecule has 0 fully saturated rings. The average Bonchev–Trinajstić information content (AvgIpc) is 3.00. The smallest absolute Gasteiger partial charge is 0.260 e. The second kappa shape index (κ2) is 9.80. The number of rotatable bonds is 7. The quantitative estimate of drug-likeness (QED) is 0.399. The molecule has 0 spiro atoms. The lowest BCUT2D eigenvalue weighted by Crippen LogP contribution is -2.39. The number of hydrazone groups is 1. The van der Waals surface area contributed by atoms with Gasteiger partial charge in [-0.25, -0.2) is 13.8 Å². The molecule has 1 heterocycles. The molecule has 3 rings (SSSR count). The molecule has 33 heavy (non-hydrogen) atoms. The van der Waals surface area contributed by atoms with Crippen LogP contribution < -0.4 is 9.73 Å². The maximum atomic E-state index is 12.5. The molecule has 1 aromatic heterocycles. The van der Waals surface area contributed by atoms with Gasteiger partial charge in [-0.3, -0.25) is 9.10 Å². The van der Waals surface area contributed by atoms with Crippen molar-refractivity contribution < 1.29 is 13.2 Å². The van der Waals surface area contributed by atoms with Crippen LogP contribution in [0.4, 0.5) is 5.69 Å². The summed E-state index contributed by atoms with van der Waals surface area (Å²) >= 11 is 6.13. The minimum Gasteiger partial charge on any atom is -0.317 e. The van der Waals surface area contributed by atoms with Gasteiger partial charge in [0.15, 0.2) is 0 Å². The van der Waals surface area contributed by atoms with E-state index in [0.717, 1.165) is 44.3 Å². The lowest BCUT2D eigenvalue weighted by molar-refractivity contribution is -0.119. The van der Waals surface area contributed by atoms with E-state index in [9.17, 15) is 13.2 Å². The molecule has 0 atom stereocenters. The van der Waals surface area contributed by atoms with E-state index in [-0.39, 0.29) is 10.7 Å². The summed E-state index contributed by atoms with van der Waals surface area (Å²) in [7, 11) is -3.73. The standard InChI is InChI=1S/C24H27ClN4O3S/c1-16-9-8-10-17(2)24(16)29-18(3)13-20(19(29)4)14-26-27-23(30)15-28(33(5,31)32)22-12-7-6-11-21(22)25/h6-14H,15H2,1-5H3,(H,27,30)/b26-14-. The Kier molecular flexibility index (Phi) is 7.29. The van der Waals surface area contributed by atoms with Crippen LogP contribution in [0.1, 0.15) is 28.1 Å². The summed E-state index contributed by atoms with van der Waals surface area (Å²) in [5, 5.41) is 4.29. The third-order valence-electron chi connectivity index (χ3n) is 5.33. The molecule has 0 bridgehead atoms. The molecule has 0 radical (unpaired) electrons. The Labute approximate surface area is 199 Å². The largest absolute Gasteiger partial charge is 0.317 e. The Bertz CT molecular complexity index is 1310. The van der Waals surface area contributed by atoms with E-state index < -0.39 is 22.5 Å². The number of hydrogen-bond donors (Lipinski definition) is 1. The molecule has 0 unspecified atom stereocenters. The SMILES string of the molecule is Cc1cccc(C)c1-n1c(C)cc(/C=N\NC(=O)CN(c2ccccc2Cl)S(C)(=O)=O)c1C. The zero-order chi connectivity index (χ0) is 24.3. The molecule has 0 saturated heterocycles. The van der Waals surface area contributed by atoms with Crippen LogP contribution in [0.25, 0.3) is 5.69 Å². The summed E-state index contributed by atoms with van der Waals surface area (Å²) in [5.74, 6) is -0.583. The number of nitrogens with one attached hydrogen (secondary N) is 1. The Hall–Kier alpha value is -3.10. The third kappa shape index (κ3) is 5.46. The van der Waals surface area contributed by atoms with Crippen LogP contribution >= 0.6 is 11.6 Å². The van der Waals surface area contributed by atoms with E-state index >= 15 is 0 Å². The van der Waals surface area contributed by atoms with Gasteiger partial charge in [0.2, 0.25) is 10.0 Å². The fraction of sp³-hybridized carbons (Fsp3) is 0.250. The topological polar surface area (TPSA) is 83.8 Å². The first-order chi connectivity index (χ1) is 15.5. The summed E-state index contributed by atoms with van der Waals surface area (Å²) in [4.78, 5) is 12.5. The number of anilines is 1. The fourth-order valence-electron chi connectivity index (χ4n) is 3.80. The molecule has 0 aliphatic rings. The van der Waals surface area contributed by atoms with Crippen LogP contribution in [0.5, 0.6) is 0 Å². The van der Waals surface area contributed by atoms with E-state index in [1.165, 1.54) is 0 Å². The molecular weight excluding hydrogens is 460 g/mol. The number of halogens is 1. The predicted octanol–water partition coefficient (Wildman–Crippen LogP) is 4.28. The second-order valence-electron chi connectivity index (χ2n) is 7.92.